The maximum absolute atomic E-state index is 13.9. The number of carboxylic acids is 1. The average molecular weight is 504 g/mol. The molecule has 3 aromatic carbocycles. The molecule has 37 heavy (non-hydrogen) atoms. The van der Waals surface area contributed by atoms with Gasteiger partial charge in [0.2, 0.25) is 5.91 Å². The number of ether oxygens (including phenoxy) is 3. The molecule has 0 bridgehead atoms. The van der Waals surface area contributed by atoms with Crippen molar-refractivity contribution in [3.05, 3.63) is 88.5 Å². The van der Waals surface area contributed by atoms with Gasteiger partial charge in [0.05, 0.1) is 26.9 Å². The summed E-state index contributed by atoms with van der Waals surface area (Å²) in [5.41, 5.74) is 2.55. The molecule has 0 radical (unpaired) electrons. The minimum absolute atomic E-state index is 0.0332. The second-order valence-electron chi connectivity index (χ2n) is 8.33. The largest absolute Gasteiger partial charge is 0.497 e. The maximum atomic E-state index is 13.9. The molecule has 0 fully saturated rings. The van der Waals surface area contributed by atoms with Crippen LogP contribution in [0.3, 0.4) is 0 Å². The summed E-state index contributed by atoms with van der Waals surface area (Å²) in [6.07, 6.45) is 0.0332. The van der Waals surface area contributed by atoms with Gasteiger partial charge in [-0.1, -0.05) is 12.1 Å². The fraction of sp³-hybridized carbons (Fsp3) is 0.207. The van der Waals surface area contributed by atoms with E-state index in [-0.39, 0.29) is 29.0 Å². The molecule has 2 N–H and O–H groups in total. The monoisotopic (exact) mass is 503 g/mol. The van der Waals surface area contributed by atoms with Crippen molar-refractivity contribution >= 4 is 28.9 Å². The first-order chi connectivity index (χ1) is 17.7. The van der Waals surface area contributed by atoms with Crippen molar-refractivity contribution in [2.24, 2.45) is 0 Å². The summed E-state index contributed by atoms with van der Waals surface area (Å²) in [6, 6.07) is 16.6. The van der Waals surface area contributed by atoms with Crippen LogP contribution in [0.2, 0.25) is 0 Å². The van der Waals surface area contributed by atoms with Crippen LogP contribution in [0.15, 0.2) is 66.2 Å². The van der Waals surface area contributed by atoms with Crippen molar-refractivity contribution in [2.45, 2.75) is 20.3 Å². The molecule has 8 heteroatoms. The number of rotatable bonds is 10. The highest BCUT2D eigenvalue weighted by Crippen LogP contribution is 2.32. The third kappa shape index (κ3) is 6.55. The lowest BCUT2D eigenvalue weighted by Crippen LogP contribution is -2.14. The molecule has 0 aromatic heterocycles. The number of aliphatic carboxylic acids is 1. The van der Waals surface area contributed by atoms with Crippen molar-refractivity contribution in [3.63, 3.8) is 0 Å². The van der Waals surface area contributed by atoms with Crippen LogP contribution in [0.4, 0.5) is 5.69 Å². The molecule has 8 nitrogen and oxygen atoms in total. The van der Waals surface area contributed by atoms with Gasteiger partial charge in [0, 0.05) is 36.2 Å². The van der Waals surface area contributed by atoms with Gasteiger partial charge in [0.15, 0.2) is 5.78 Å². The zero-order chi connectivity index (χ0) is 27.1. The third-order valence-corrected chi connectivity index (χ3v) is 5.74. The van der Waals surface area contributed by atoms with Crippen molar-refractivity contribution in [1.29, 1.82) is 0 Å². The molecule has 3 aromatic rings. The van der Waals surface area contributed by atoms with Gasteiger partial charge >= 0.3 is 5.97 Å². The van der Waals surface area contributed by atoms with Crippen LogP contribution in [-0.2, 0) is 16.0 Å². The Hall–Kier alpha value is -4.59. The number of benzene rings is 3. The summed E-state index contributed by atoms with van der Waals surface area (Å²) in [7, 11) is 4.47. The molecule has 1 amide bonds. The number of aryl methyl sites for hydroxylation is 1. The molecule has 0 spiro atoms. The van der Waals surface area contributed by atoms with Gasteiger partial charge in [0.25, 0.3) is 0 Å². The van der Waals surface area contributed by atoms with E-state index in [0.717, 1.165) is 5.56 Å². The van der Waals surface area contributed by atoms with E-state index in [9.17, 15) is 19.5 Å². The molecule has 0 saturated carbocycles. The number of ketones is 1. The van der Waals surface area contributed by atoms with E-state index >= 15 is 0 Å². The van der Waals surface area contributed by atoms with Crippen molar-refractivity contribution in [1.82, 2.24) is 0 Å². The highest BCUT2D eigenvalue weighted by Gasteiger charge is 2.25. The topological polar surface area (TPSA) is 111 Å². The number of methoxy groups -OCH3 is 3. The molecule has 0 aliphatic rings. The van der Waals surface area contributed by atoms with Gasteiger partial charge in [0.1, 0.15) is 17.2 Å². The zero-order valence-electron chi connectivity index (χ0n) is 21.4. The second-order valence-corrected chi connectivity index (χ2v) is 8.33. The number of Topliss-reactive ketones (excluding diaryl/α,β-unsaturated/α-hetero) is 1. The number of amides is 1. The Labute approximate surface area is 215 Å². The summed E-state index contributed by atoms with van der Waals surface area (Å²) in [5, 5.41) is 13.0. The highest BCUT2D eigenvalue weighted by molar-refractivity contribution is 6.26. The first-order valence-electron chi connectivity index (χ1n) is 11.4. The molecule has 3 rings (SSSR count). The molecule has 0 aliphatic carbocycles. The van der Waals surface area contributed by atoms with Gasteiger partial charge in [-0.25, -0.2) is 4.79 Å². The van der Waals surface area contributed by atoms with Crippen molar-refractivity contribution < 1.29 is 33.7 Å². The fourth-order valence-corrected chi connectivity index (χ4v) is 3.97. The van der Waals surface area contributed by atoms with Gasteiger partial charge in [-0.3, -0.25) is 9.59 Å². The van der Waals surface area contributed by atoms with Crippen LogP contribution in [0.1, 0.15) is 34.0 Å². The lowest BCUT2D eigenvalue weighted by atomic mass is 9.89. The number of carbonyl (C=O) groups is 3. The van der Waals surface area contributed by atoms with Crippen LogP contribution in [-0.4, -0.2) is 44.1 Å². The van der Waals surface area contributed by atoms with Crippen molar-refractivity contribution in [3.8, 4) is 17.2 Å². The lowest BCUT2D eigenvalue weighted by molar-refractivity contribution is -0.130. The van der Waals surface area contributed by atoms with E-state index in [1.807, 2.05) is 6.92 Å². The Morgan fingerprint density at radius 1 is 0.811 bits per heavy atom. The number of hydrogen-bond donors (Lipinski definition) is 2. The Kier molecular flexibility index (Phi) is 8.68. The molecule has 0 heterocycles. The lowest BCUT2D eigenvalue weighted by Gasteiger charge is -2.16. The van der Waals surface area contributed by atoms with Crippen LogP contribution < -0.4 is 19.5 Å². The van der Waals surface area contributed by atoms with E-state index < -0.39 is 11.8 Å². The fourth-order valence-electron chi connectivity index (χ4n) is 3.97. The Bertz CT molecular complexity index is 1330. The summed E-state index contributed by atoms with van der Waals surface area (Å²) < 4.78 is 16.0. The summed E-state index contributed by atoms with van der Waals surface area (Å²) in [4.78, 5) is 37.9. The van der Waals surface area contributed by atoms with Crippen LogP contribution >= 0.6 is 0 Å². The van der Waals surface area contributed by atoms with Crippen molar-refractivity contribution in [2.75, 3.05) is 26.6 Å². The van der Waals surface area contributed by atoms with Gasteiger partial charge in [-0.2, -0.15) is 0 Å². The number of anilines is 1. The molecule has 0 aliphatic heterocycles. The van der Waals surface area contributed by atoms with E-state index in [4.69, 9.17) is 14.2 Å². The maximum Gasteiger partial charge on any atom is 0.336 e. The third-order valence-electron chi connectivity index (χ3n) is 5.74. The smallest absolute Gasteiger partial charge is 0.336 e. The number of hydrogen-bond acceptors (Lipinski definition) is 6. The Morgan fingerprint density at radius 2 is 1.43 bits per heavy atom. The van der Waals surface area contributed by atoms with E-state index in [1.54, 1.807) is 67.8 Å². The van der Waals surface area contributed by atoms with E-state index in [2.05, 4.69) is 5.32 Å². The molecule has 0 unspecified atom stereocenters. The number of carboxylic acid groups (broad SMARTS) is 1. The van der Waals surface area contributed by atoms with Gasteiger partial charge in [-0.15, -0.1) is 0 Å². The molecule has 192 valence electrons. The predicted octanol–water partition coefficient (Wildman–Crippen LogP) is 4.94. The Balaban J connectivity index is 2.22. The van der Waals surface area contributed by atoms with Crippen LogP contribution in [0.5, 0.6) is 17.2 Å². The molecular formula is C29H29NO7. The number of carbonyl (C=O) groups excluding carboxylic acids is 2. The highest BCUT2D eigenvalue weighted by atomic mass is 16.5. The van der Waals surface area contributed by atoms with Gasteiger partial charge < -0.3 is 24.6 Å². The SMILES string of the molecule is COc1cc(OC)cc(/C(C(=O)O)=C(/Cc2ccc(NC(C)=O)cc2)C(=O)c2ccc(OC)c(C)c2)c1. The summed E-state index contributed by atoms with van der Waals surface area (Å²) >= 11 is 0. The van der Waals surface area contributed by atoms with Crippen LogP contribution in [0.25, 0.3) is 5.57 Å². The van der Waals surface area contributed by atoms with Crippen LogP contribution in [0, 0.1) is 6.92 Å². The number of allylic oxidation sites excluding steroid dienone is 1. The number of nitrogens with one attached hydrogen (secondary N) is 1. The Morgan fingerprint density at radius 3 is 1.92 bits per heavy atom. The normalized spacial score (nSPS) is 11.3. The van der Waals surface area contributed by atoms with Gasteiger partial charge in [-0.05, 0) is 66.1 Å². The molecule has 0 saturated heterocycles. The van der Waals surface area contributed by atoms with E-state index in [1.165, 1.54) is 21.1 Å². The zero-order valence-corrected chi connectivity index (χ0v) is 21.4. The first-order valence-corrected chi connectivity index (χ1v) is 11.4. The summed E-state index contributed by atoms with van der Waals surface area (Å²) in [6.45, 7) is 3.22. The average Bonchev–Trinajstić information content (AvgIpc) is 2.88. The predicted molar refractivity (Wildman–Crippen MR) is 141 cm³/mol. The molecule has 0 atom stereocenters. The minimum Gasteiger partial charge on any atom is -0.497 e. The minimum atomic E-state index is -1.27. The van der Waals surface area contributed by atoms with E-state index in [0.29, 0.717) is 34.1 Å². The molecular weight excluding hydrogens is 474 g/mol. The second kappa shape index (κ2) is 11.9. The standard InChI is InChI=1S/C29H29NO7/c1-17-12-20(8-11-26(17)37-5)28(32)25(13-19-6-9-22(10-7-19)30-18(2)31)27(29(33)34)21-14-23(35-3)16-24(15-21)36-4/h6-12,14-16H,13H2,1-5H3,(H,30,31)(H,33,34)/b27-25+. The summed E-state index contributed by atoms with van der Waals surface area (Å²) in [5.74, 6) is -0.514. The first kappa shape index (κ1) is 27.0. The quantitative estimate of drug-likeness (QED) is 0.298.